The largest absolute Gasteiger partial charge is 0.341 e. The van der Waals surface area contributed by atoms with Crippen LogP contribution in [0.15, 0.2) is 18.5 Å². The fourth-order valence-electron chi connectivity index (χ4n) is 2.85. The molecule has 1 aliphatic rings. The van der Waals surface area contributed by atoms with Crippen LogP contribution in [-0.4, -0.2) is 39.7 Å². The minimum absolute atomic E-state index is 0.122. The lowest BCUT2D eigenvalue weighted by atomic mass is 9.95. The van der Waals surface area contributed by atoms with Crippen LogP contribution in [0.25, 0.3) is 0 Å². The molecule has 5 heteroatoms. The summed E-state index contributed by atoms with van der Waals surface area (Å²) in [5.41, 5.74) is 5.99. The Morgan fingerprint density at radius 2 is 2.10 bits per heavy atom. The first-order valence-corrected chi connectivity index (χ1v) is 7.58. The van der Waals surface area contributed by atoms with Crippen molar-refractivity contribution in [2.45, 2.75) is 45.7 Å². The van der Waals surface area contributed by atoms with Gasteiger partial charge < -0.3 is 10.6 Å². The third kappa shape index (κ3) is 4.07. The fourth-order valence-corrected chi connectivity index (χ4v) is 2.85. The van der Waals surface area contributed by atoms with Crippen LogP contribution in [0.2, 0.25) is 0 Å². The Balaban J connectivity index is 1.77. The summed E-state index contributed by atoms with van der Waals surface area (Å²) in [6, 6.07) is 1.61. The maximum Gasteiger partial charge on any atom is 0.239 e. The molecular formula is C15H26N4O. The van der Waals surface area contributed by atoms with Crippen molar-refractivity contribution < 1.29 is 4.79 Å². The van der Waals surface area contributed by atoms with Crippen molar-refractivity contribution in [3.63, 3.8) is 0 Å². The molecule has 0 unspecified atom stereocenters. The molecule has 5 nitrogen and oxygen atoms in total. The van der Waals surface area contributed by atoms with Crippen LogP contribution < -0.4 is 5.73 Å². The standard InChI is InChI=1S/C15H26N4O/c1-12(2)10-14(16)15(20)18-8-4-13(5-9-18)11-19-7-3-6-17-19/h3,6-7,12-14H,4-5,8-11,16H2,1-2H3/t14-/m0/s1. The summed E-state index contributed by atoms with van der Waals surface area (Å²) in [4.78, 5) is 14.2. The zero-order valence-electron chi connectivity index (χ0n) is 12.5. The van der Waals surface area contributed by atoms with Gasteiger partial charge >= 0.3 is 0 Å². The van der Waals surface area contributed by atoms with Gasteiger partial charge in [0.2, 0.25) is 5.91 Å². The summed E-state index contributed by atoms with van der Waals surface area (Å²) in [7, 11) is 0. The zero-order chi connectivity index (χ0) is 14.5. The minimum atomic E-state index is -0.335. The molecular weight excluding hydrogens is 252 g/mol. The number of nitrogens with zero attached hydrogens (tertiary/aromatic N) is 3. The molecule has 1 saturated heterocycles. The van der Waals surface area contributed by atoms with Crippen molar-refractivity contribution >= 4 is 5.91 Å². The number of hydrogen-bond donors (Lipinski definition) is 1. The molecule has 0 bridgehead atoms. The minimum Gasteiger partial charge on any atom is -0.341 e. The number of likely N-dealkylation sites (tertiary alicyclic amines) is 1. The lowest BCUT2D eigenvalue weighted by Crippen LogP contribution is -2.47. The van der Waals surface area contributed by atoms with E-state index >= 15 is 0 Å². The number of piperidine rings is 1. The highest BCUT2D eigenvalue weighted by Gasteiger charge is 2.26. The highest BCUT2D eigenvalue weighted by molar-refractivity contribution is 5.81. The van der Waals surface area contributed by atoms with E-state index in [2.05, 4.69) is 18.9 Å². The SMILES string of the molecule is CC(C)C[C@H](N)C(=O)N1CCC(Cn2cccn2)CC1. The summed E-state index contributed by atoms with van der Waals surface area (Å²) < 4.78 is 1.98. The second kappa shape index (κ2) is 6.88. The van der Waals surface area contributed by atoms with Crippen LogP contribution >= 0.6 is 0 Å². The number of amides is 1. The average Bonchev–Trinajstić information content (AvgIpc) is 2.91. The van der Waals surface area contributed by atoms with Crippen LogP contribution in [0.1, 0.15) is 33.1 Å². The van der Waals surface area contributed by atoms with Gasteiger partial charge in [0.15, 0.2) is 0 Å². The van der Waals surface area contributed by atoms with Crippen LogP contribution in [0, 0.1) is 11.8 Å². The molecule has 1 aromatic heterocycles. The number of aromatic nitrogens is 2. The van der Waals surface area contributed by atoms with Crippen molar-refractivity contribution in [2.24, 2.45) is 17.6 Å². The van der Waals surface area contributed by atoms with Gasteiger partial charge in [-0.3, -0.25) is 9.48 Å². The molecule has 0 saturated carbocycles. The normalized spacial score (nSPS) is 18.5. The summed E-state index contributed by atoms with van der Waals surface area (Å²) in [6.07, 6.45) is 6.66. The summed E-state index contributed by atoms with van der Waals surface area (Å²) >= 11 is 0. The third-order valence-corrected chi connectivity index (χ3v) is 3.97. The van der Waals surface area contributed by atoms with Crippen molar-refractivity contribution in [2.75, 3.05) is 13.1 Å². The summed E-state index contributed by atoms with van der Waals surface area (Å²) in [5, 5.41) is 4.24. The van der Waals surface area contributed by atoms with Gasteiger partial charge in [-0.1, -0.05) is 13.8 Å². The van der Waals surface area contributed by atoms with Crippen LogP contribution in [0.3, 0.4) is 0 Å². The second-order valence-electron chi connectivity index (χ2n) is 6.23. The molecule has 112 valence electrons. The van der Waals surface area contributed by atoms with E-state index in [1.807, 2.05) is 28.0 Å². The van der Waals surface area contributed by atoms with Gasteiger partial charge in [-0.05, 0) is 37.2 Å². The van der Waals surface area contributed by atoms with Crippen molar-refractivity contribution in [1.82, 2.24) is 14.7 Å². The van der Waals surface area contributed by atoms with Crippen LogP contribution in [-0.2, 0) is 11.3 Å². The first-order valence-electron chi connectivity index (χ1n) is 7.58. The molecule has 0 aromatic carbocycles. The third-order valence-electron chi connectivity index (χ3n) is 3.97. The van der Waals surface area contributed by atoms with Crippen LogP contribution in [0.5, 0.6) is 0 Å². The lowest BCUT2D eigenvalue weighted by Gasteiger charge is -2.33. The van der Waals surface area contributed by atoms with E-state index in [1.54, 1.807) is 0 Å². The molecule has 0 radical (unpaired) electrons. The average molecular weight is 278 g/mol. The van der Waals surface area contributed by atoms with E-state index in [-0.39, 0.29) is 11.9 Å². The summed E-state index contributed by atoms with van der Waals surface area (Å²) in [5.74, 6) is 1.20. The Morgan fingerprint density at radius 3 is 2.65 bits per heavy atom. The molecule has 0 spiro atoms. The van der Waals surface area contributed by atoms with Crippen molar-refractivity contribution in [3.05, 3.63) is 18.5 Å². The highest BCUT2D eigenvalue weighted by atomic mass is 16.2. The monoisotopic (exact) mass is 278 g/mol. The van der Waals surface area contributed by atoms with Gasteiger partial charge in [-0.15, -0.1) is 0 Å². The molecule has 2 rings (SSSR count). The van der Waals surface area contributed by atoms with Gasteiger partial charge in [0, 0.05) is 32.0 Å². The lowest BCUT2D eigenvalue weighted by molar-refractivity contribution is -0.134. The Morgan fingerprint density at radius 1 is 1.40 bits per heavy atom. The van der Waals surface area contributed by atoms with Gasteiger partial charge in [-0.2, -0.15) is 5.10 Å². The van der Waals surface area contributed by atoms with Gasteiger partial charge in [0.25, 0.3) is 0 Å². The first-order chi connectivity index (χ1) is 9.56. The topological polar surface area (TPSA) is 64.2 Å². The predicted octanol–water partition coefficient (Wildman–Crippen LogP) is 1.50. The number of carbonyl (C=O) groups is 1. The number of hydrogen-bond acceptors (Lipinski definition) is 3. The van der Waals surface area contributed by atoms with E-state index in [4.69, 9.17) is 5.73 Å². The van der Waals surface area contributed by atoms with Crippen LogP contribution in [0.4, 0.5) is 0 Å². The van der Waals surface area contributed by atoms with E-state index in [9.17, 15) is 4.79 Å². The Kier molecular flexibility index (Phi) is 5.17. The van der Waals surface area contributed by atoms with E-state index < -0.39 is 0 Å². The molecule has 20 heavy (non-hydrogen) atoms. The predicted molar refractivity (Wildman–Crippen MR) is 79.0 cm³/mol. The number of rotatable bonds is 5. The summed E-state index contributed by atoms with van der Waals surface area (Å²) in [6.45, 7) is 6.81. The van der Waals surface area contributed by atoms with Crippen molar-refractivity contribution in [3.8, 4) is 0 Å². The van der Waals surface area contributed by atoms with E-state index in [0.29, 0.717) is 11.8 Å². The second-order valence-corrected chi connectivity index (χ2v) is 6.23. The Labute approximate surface area is 121 Å². The highest BCUT2D eigenvalue weighted by Crippen LogP contribution is 2.20. The first kappa shape index (κ1) is 15.0. The molecule has 2 N–H and O–H groups in total. The van der Waals surface area contributed by atoms with Gasteiger partial charge in [-0.25, -0.2) is 0 Å². The van der Waals surface area contributed by atoms with Gasteiger partial charge in [0.05, 0.1) is 6.04 Å². The smallest absolute Gasteiger partial charge is 0.239 e. The number of carbonyl (C=O) groups excluding carboxylic acids is 1. The maximum absolute atomic E-state index is 12.2. The quantitative estimate of drug-likeness (QED) is 0.887. The molecule has 2 heterocycles. The van der Waals surface area contributed by atoms with Gasteiger partial charge in [0.1, 0.15) is 0 Å². The Hall–Kier alpha value is -1.36. The number of nitrogens with two attached hydrogens (primary N) is 1. The molecule has 0 aliphatic carbocycles. The van der Waals surface area contributed by atoms with E-state index in [1.165, 1.54) is 0 Å². The van der Waals surface area contributed by atoms with Crippen molar-refractivity contribution in [1.29, 1.82) is 0 Å². The molecule has 1 aromatic rings. The fraction of sp³-hybridized carbons (Fsp3) is 0.733. The molecule has 1 amide bonds. The maximum atomic E-state index is 12.2. The molecule has 1 atom stereocenters. The zero-order valence-corrected chi connectivity index (χ0v) is 12.5. The molecule has 1 aliphatic heterocycles. The molecule has 1 fully saturated rings. The van der Waals surface area contributed by atoms with E-state index in [0.717, 1.165) is 38.9 Å². The Bertz CT molecular complexity index is 408.